The average molecular weight is 389 g/mol. The highest BCUT2D eigenvalue weighted by molar-refractivity contribution is 7.88. The molecule has 2 rings (SSSR count). The molecule has 2 atom stereocenters. The van der Waals surface area contributed by atoms with Crippen LogP contribution in [0, 0.1) is 5.92 Å². The Kier molecular flexibility index (Phi) is 7.42. The maximum atomic E-state index is 12.1. The summed E-state index contributed by atoms with van der Waals surface area (Å²) in [5.74, 6) is 0.122. The van der Waals surface area contributed by atoms with Crippen molar-refractivity contribution in [2.75, 3.05) is 32.9 Å². The van der Waals surface area contributed by atoms with Crippen LogP contribution in [0.25, 0.3) is 0 Å². The number of piperidine rings is 1. The summed E-state index contributed by atoms with van der Waals surface area (Å²) < 4.78 is 24.6. The monoisotopic (exact) mass is 388 g/mol. The fourth-order valence-corrected chi connectivity index (χ4v) is 4.57. The quantitative estimate of drug-likeness (QED) is 0.724. The number of sulfonamides is 1. The number of nitrogens with zero attached hydrogens (tertiary/aromatic N) is 2. The van der Waals surface area contributed by atoms with Crippen LogP contribution in [0.5, 0.6) is 0 Å². The van der Waals surface area contributed by atoms with E-state index in [0.717, 1.165) is 19.3 Å². The van der Waals surface area contributed by atoms with Gasteiger partial charge in [0.25, 0.3) is 0 Å². The van der Waals surface area contributed by atoms with Crippen molar-refractivity contribution in [3.8, 4) is 0 Å². The van der Waals surface area contributed by atoms with E-state index in [0.29, 0.717) is 31.8 Å². The minimum Gasteiger partial charge on any atom is -0.335 e. The molecule has 26 heavy (non-hydrogen) atoms. The van der Waals surface area contributed by atoms with Crippen molar-refractivity contribution >= 4 is 22.0 Å². The molecule has 3 amide bonds. The molecule has 0 spiro atoms. The third-order valence-corrected chi connectivity index (χ3v) is 6.99. The fourth-order valence-electron chi connectivity index (χ4n) is 3.82. The molecular formula is C17H32N4O4S. The molecule has 0 radical (unpaired) electrons. The van der Waals surface area contributed by atoms with Crippen molar-refractivity contribution in [3.63, 3.8) is 0 Å². The van der Waals surface area contributed by atoms with Gasteiger partial charge in [0.15, 0.2) is 0 Å². The Bertz CT molecular complexity index is 602. The van der Waals surface area contributed by atoms with Gasteiger partial charge < -0.3 is 5.32 Å². The standard InChI is InChI=1S/C17H32N4O4S/c1-13-6-4-5-7-15(13)18-17(23)19-16(22)12-21-10-8-14(9-11-21)20(2)26(3,24)25/h13-15H,4-12H2,1-3H3,(H2,18,19,22,23). The van der Waals surface area contributed by atoms with Gasteiger partial charge in [-0.05, 0) is 31.6 Å². The molecule has 0 aromatic carbocycles. The van der Waals surface area contributed by atoms with E-state index in [-0.39, 0.29) is 24.5 Å². The molecule has 8 nitrogen and oxygen atoms in total. The first-order valence-electron chi connectivity index (χ1n) is 9.42. The van der Waals surface area contributed by atoms with Crippen molar-refractivity contribution in [1.29, 1.82) is 0 Å². The average Bonchev–Trinajstić information content (AvgIpc) is 2.56. The molecule has 2 fully saturated rings. The lowest BCUT2D eigenvalue weighted by atomic mass is 9.86. The fraction of sp³-hybridized carbons (Fsp3) is 0.882. The molecule has 1 aliphatic carbocycles. The highest BCUT2D eigenvalue weighted by Gasteiger charge is 2.28. The number of hydrogen-bond donors (Lipinski definition) is 2. The minimum atomic E-state index is -3.20. The van der Waals surface area contributed by atoms with E-state index in [4.69, 9.17) is 0 Å². The lowest BCUT2D eigenvalue weighted by molar-refractivity contribution is -0.121. The van der Waals surface area contributed by atoms with Gasteiger partial charge >= 0.3 is 6.03 Å². The SMILES string of the molecule is CC1CCCCC1NC(=O)NC(=O)CN1CCC(N(C)S(C)(=O)=O)CC1. The second kappa shape index (κ2) is 9.14. The second-order valence-corrected chi connectivity index (χ2v) is 9.72. The molecule has 2 N–H and O–H groups in total. The summed E-state index contributed by atoms with van der Waals surface area (Å²) in [5.41, 5.74) is 0. The molecule has 0 aromatic heterocycles. The van der Waals surface area contributed by atoms with Gasteiger partial charge in [0.05, 0.1) is 12.8 Å². The van der Waals surface area contributed by atoms with Gasteiger partial charge in [-0.1, -0.05) is 19.8 Å². The van der Waals surface area contributed by atoms with E-state index < -0.39 is 16.1 Å². The van der Waals surface area contributed by atoms with Crippen molar-refractivity contribution in [2.24, 2.45) is 5.92 Å². The zero-order chi connectivity index (χ0) is 19.3. The predicted octanol–water partition coefficient (Wildman–Crippen LogP) is 0.747. The van der Waals surface area contributed by atoms with Crippen LogP contribution in [0.15, 0.2) is 0 Å². The van der Waals surface area contributed by atoms with Crippen LogP contribution in [0.2, 0.25) is 0 Å². The first-order chi connectivity index (χ1) is 12.2. The lowest BCUT2D eigenvalue weighted by Gasteiger charge is -2.35. The largest absolute Gasteiger partial charge is 0.335 e. The van der Waals surface area contributed by atoms with Gasteiger partial charge in [-0.15, -0.1) is 0 Å². The van der Waals surface area contributed by atoms with E-state index in [1.165, 1.54) is 17.0 Å². The van der Waals surface area contributed by atoms with E-state index in [9.17, 15) is 18.0 Å². The summed E-state index contributed by atoms with van der Waals surface area (Å²) >= 11 is 0. The van der Waals surface area contributed by atoms with Crippen molar-refractivity contribution in [1.82, 2.24) is 19.8 Å². The predicted molar refractivity (Wildman–Crippen MR) is 100 cm³/mol. The molecule has 1 saturated heterocycles. The highest BCUT2D eigenvalue weighted by Crippen LogP contribution is 2.23. The Labute approximate surface area is 156 Å². The maximum Gasteiger partial charge on any atom is 0.321 e. The number of amides is 3. The van der Waals surface area contributed by atoms with Gasteiger partial charge in [-0.3, -0.25) is 15.0 Å². The van der Waals surface area contributed by atoms with E-state index in [1.807, 2.05) is 4.90 Å². The zero-order valence-corrected chi connectivity index (χ0v) is 16.8. The number of carbonyl (C=O) groups excluding carboxylic acids is 2. The smallest absolute Gasteiger partial charge is 0.321 e. The van der Waals surface area contributed by atoms with Crippen LogP contribution in [0.4, 0.5) is 4.79 Å². The first kappa shape index (κ1) is 21.1. The molecular weight excluding hydrogens is 356 g/mol. The molecule has 2 unspecified atom stereocenters. The summed E-state index contributed by atoms with van der Waals surface area (Å²) in [4.78, 5) is 26.1. The molecule has 9 heteroatoms. The third kappa shape index (κ3) is 6.21. The van der Waals surface area contributed by atoms with Gasteiger partial charge in [0, 0.05) is 32.2 Å². The van der Waals surface area contributed by atoms with Crippen molar-refractivity contribution in [3.05, 3.63) is 0 Å². The Balaban J connectivity index is 1.71. The first-order valence-corrected chi connectivity index (χ1v) is 11.3. The highest BCUT2D eigenvalue weighted by atomic mass is 32.2. The number of likely N-dealkylation sites (tertiary alicyclic amines) is 1. The molecule has 1 aliphatic heterocycles. The summed E-state index contributed by atoms with van der Waals surface area (Å²) in [6.07, 6.45) is 6.95. The van der Waals surface area contributed by atoms with E-state index in [1.54, 1.807) is 7.05 Å². The topological polar surface area (TPSA) is 98.8 Å². The Morgan fingerprint density at radius 1 is 1.12 bits per heavy atom. The van der Waals surface area contributed by atoms with Gasteiger partial charge in [-0.2, -0.15) is 0 Å². The number of nitrogens with one attached hydrogen (secondary N) is 2. The Morgan fingerprint density at radius 3 is 2.31 bits per heavy atom. The van der Waals surface area contributed by atoms with Gasteiger partial charge in [-0.25, -0.2) is 17.5 Å². The second-order valence-electron chi connectivity index (χ2n) is 7.68. The van der Waals surface area contributed by atoms with Crippen LogP contribution in [0.3, 0.4) is 0 Å². The van der Waals surface area contributed by atoms with Gasteiger partial charge in [0.2, 0.25) is 15.9 Å². The molecule has 1 heterocycles. The third-order valence-electron chi connectivity index (χ3n) is 5.64. The summed E-state index contributed by atoms with van der Waals surface area (Å²) in [7, 11) is -1.60. The Morgan fingerprint density at radius 2 is 1.73 bits per heavy atom. The van der Waals surface area contributed by atoms with Crippen LogP contribution >= 0.6 is 0 Å². The van der Waals surface area contributed by atoms with Crippen LogP contribution < -0.4 is 10.6 Å². The Hall–Kier alpha value is -1.19. The lowest BCUT2D eigenvalue weighted by Crippen LogP contribution is -2.51. The number of carbonyl (C=O) groups is 2. The summed E-state index contributed by atoms with van der Waals surface area (Å²) in [6, 6.07) is -0.306. The number of urea groups is 1. The molecule has 0 bridgehead atoms. The molecule has 1 saturated carbocycles. The van der Waals surface area contributed by atoms with E-state index >= 15 is 0 Å². The van der Waals surface area contributed by atoms with Crippen molar-refractivity contribution < 1.29 is 18.0 Å². The summed E-state index contributed by atoms with van der Waals surface area (Å²) in [5, 5.41) is 5.33. The number of hydrogen-bond acceptors (Lipinski definition) is 5. The summed E-state index contributed by atoms with van der Waals surface area (Å²) in [6.45, 7) is 3.56. The van der Waals surface area contributed by atoms with Crippen LogP contribution in [-0.2, 0) is 14.8 Å². The van der Waals surface area contributed by atoms with Crippen LogP contribution in [0.1, 0.15) is 45.4 Å². The zero-order valence-electron chi connectivity index (χ0n) is 16.0. The maximum absolute atomic E-state index is 12.1. The molecule has 2 aliphatic rings. The number of rotatable bonds is 5. The number of imide groups is 1. The van der Waals surface area contributed by atoms with Crippen LogP contribution in [-0.4, -0.2) is 74.6 Å². The van der Waals surface area contributed by atoms with Crippen molar-refractivity contribution in [2.45, 2.75) is 57.5 Å². The van der Waals surface area contributed by atoms with Gasteiger partial charge in [0.1, 0.15) is 0 Å². The molecule has 150 valence electrons. The molecule has 0 aromatic rings. The van der Waals surface area contributed by atoms with E-state index in [2.05, 4.69) is 17.6 Å². The minimum absolute atomic E-state index is 0.0274. The normalized spacial score (nSPS) is 25.8.